The molecule has 0 aliphatic heterocycles. The Balaban J connectivity index is 2.29. The number of carbonyl (C=O) groups excluding carboxylic acids is 1. The normalized spacial score (nSPS) is 11.3. The Bertz CT molecular complexity index is 406. The first-order valence-corrected chi connectivity index (χ1v) is 5.07. The first-order valence-electron chi connectivity index (χ1n) is 5.07. The quantitative estimate of drug-likeness (QED) is 0.656. The van der Waals surface area contributed by atoms with Gasteiger partial charge in [-0.2, -0.15) is 13.2 Å². The molecule has 1 amide bonds. The van der Waals surface area contributed by atoms with Crippen LogP contribution in [0.3, 0.4) is 0 Å². The molecule has 3 nitrogen and oxygen atoms in total. The van der Waals surface area contributed by atoms with Gasteiger partial charge in [0.2, 0.25) is 5.91 Å². The van der Waals surface area contributed by atoms with Crippen molar-refractivity contribution >= 4 is 11.6 Å². The third-order valence-corrected chi connectivity index (χ3v) is 1.89. The molecule has 1 rings (SSSR count). The molecule has 1 N–H and O–H groups in total. The van der Waals surface area contributed by atoms with Crippen LogP contribution in [0.4, 0.5) is 23.2 Å². The molecule has 100 valence electrons. The number of hydrogen-bond acceptors (Lipinski definition) is 2. The Morgan fingerprint density at radius 1 is 1.28 bits per heavy atom. The van der Waals surface area contributed by atoms with Gasteiger partial charge in [0.25, 0.3) is 0 Å². The van der Waals surface area contributed by atoms with E-state index >= 15 is 0 Å². The average molecular weight is 265 g/mol. The van der Waals surface area contributed by atoms with E-state index in [4.69, 9.17) is 0 Å². The summed E-state index contributed by atoms with van der Waals surface area (Å²) >= 11 is 0. The molecule has 7 heteroatoms. The Morgan fingerprint density at radius 2 is 1.94 bits per heavy atom. The van der Waals surface area contributed by atoms with Gasteiger partial charge in [-0.05, 0) is 12.1 Å². The van der Waals surface area contributed by atoms with Gasteiger partial charge in [-0.3, -0.25) is 4.79 Å². The monoisotopic (exact) mass is 265 g/mol. The lowest BCUT2D eigenvalue weighted by Gasteiger charge is -2.08. The van der Waals surface area contributed by atoms with Gasteiger partial charge >= 0.3 is 6.18 Å². The second kappa shape index (κ2) is 6.34. The maximum atomic E-state index is 13.1. The molecular formula is C11H11F4NO2. The lowest BCUT2D eigenvalue weighted by Crippen LogP contribution is -2.20. The number of rotatable bonds is 5. The number of alkyl halides is 3. The summed E-state index contributed by atoms with van der Waals surface area (Å²) in [5.41, 5.74) is -0.0154. The van der Waals surface area contributed by atoms with Crippen molar-refractivity contribution in [2.75, 3.05) is 18.5 Å². The molecule has 18 heavy (non-hydrogen) atoms. The minimum absolute atomic E-state index is 0.0154. The van der Waals surface area contributed by atoms with Crippen LogP contribution in [0.2, 0.25) is 0 Å². The van der Waals surface area contributed by atoms with Crippen molar-refractivity contribution in [3.05, 3.63) is 30.1 Å². The van der Waals surface area contributed by atoms with Crippen LogP contribution in [0.5, 0.6) is 0 Å². The van der Waals surface area contributed by atoms with Crippen LogP contribution in [0.25, 0.3) is 0 Å². The van der Waals surface area contributed by atoms with E-state index in [0.717, 1.165) is 6.07 Å². The molecule has 0 saturated heterocycles. The van der Waals surface area contributed by atoms with Crippen LogP contribution in [-0.4, -0.2) is 25.3 Å². The zero-order valence-electron chi connectivity index (χ0n) is 9.26. The smallest absolute Gasteiger partial charge is 0.372 e. The second-order valence-electron chi connectivity index (χ2n) is 3.45. The molecule has 1 aromatic carbocycles. The minimum atomic E-state index is -4.41. The first kappa shape index (κ1) is 14.4. The molecule has 0 bridgehead atoms. The molecule has 0 aliphatic carbocycles. The zero-order valence-corrected chi connectivity index (χ0v) is 9.26. The number of carbonyl (C=O) groups is 1. The van der Waals surface area contributed by atoms with Gasteiger partial charge in [-0.25, -0.2) is 4.39 Å². The standard InChI is InChI=1S/C11H11F4NO2/c12-8-3-1-2-4-9(8)16-10(17)5-6-18-7-11(13,14)15/h1-4H,5-7H2,(H,16,17). The number of halogens is 4. The van der Waals surface area contributed by atoms with Crippen molar-refractivity contribution in [2.45, 2.75) is 12.6 Å². The number of hydrogen-bond donors (Lipinski definition) is 1. The molecule has 0 radical (unpaired) electrons. The lowest BCUT2D eigenvalue weighted by atomic mass is 10.3. The van der Waals surface area contributed by atoms with Crippen LogP contribution in [0.15, 0.2) is 24.3 Å². The SMILES string of the molecule is O=C(CCOCC(F)(F)F)Nc1ccccc1F. The molecule has 0 saturated carbocycles. The number of ether oxygens (including phenoxy) is 1. The Kier molecular flexibility index (Phi) is 5.08. The van der Waals surface area contributed by atoms with Crippen LogP contribution in [-0.2, 0) is 9.53 Å². The average Bonchev–Trinajstić information content (AvgIpc) is 2.26. The molecule has 1 aromatic rings. The van der Waals surface area contributed by atoms with Gasteiger partial charge in [-0.1, -0.05) is 12.1 Å². The van der Waals surface area contributed by atoms with Gasteiger partial charge < -0.3 is 10.1 Å². The Labute approximate surface area is 101 Å². The molecule has 0 heterocycles. The molecule has 0 fully saturated rings. The van der Waals surface area contributed by atoms with E-state index in [-0.39, 0.29) is 18.7 Å². The fraction of sp³-hybridized carbons (Fsp3) is 0.364. The third-order valence-electron chi connectivity index (χ3n) is 1.89. The maximum Gasteiger partial charge on any atom is 0.411 e. The van der Waals surface area contributed by atoms with E-state index in [1.165, 1.54) is 18.2 Å². The third kappa shape index (κ3) is 5.62. The second-order valence-corrected chi connectivity index (χ2v) is 3.45. The minimum Gasteiger partial charge on any atom is -0.372 e. The van der Waals surface area contributed by atoms with Crippen molar-refractivity contribution in [1.82, 2.24) is 0 Å². The summed E-state index contributed by atoms with van der Waals surface area (Å²) < 4.78 is 52.5. The fourth-order valence-electron chi connectivity index (χ4n) is 1.13. The number of para-hydroxylation sites is 1. The van der Waals surface area contributed by atoms with Crippen molar-refractivity contribution < 1.29 is 27.1 Å². The van der Waals surface area contributed by atoms with E-state index in [0.29, 0.717) is 0 Å². The first-order chi connectivity index (χ1) is 8.38. The van der Waals surface area contributed by atoms with E-state index in [1.54, 1.807) is 0 Å². The molecule has 0 atom stereocenters. The Hall–Kier alpha value is -1.63. The van der Waals surface area contributed by atoms with Crippen LogP contribution in [0, 0.1) is 5.82 Å². The predicted molar refractivity (Wildman–Crippen MR) is 56.5 cm³/mol. The summed E-state index contributed by atoms with van der Waals surface area (Å²) in [5.74, 6) is -1.22. The highest BCUT2D eigenvalue weighted by molar-refractivity contribution is 5.90. The van der Waals surface area contributed by atoms with Crippen molar-refractivity contribution in [3.63, 3.8) is 0 Å². The van der Waals surface area contributed by atoms with E-state index in [1.807, 2.05) is 0 Å². The topological polar surface area (TPSA) is 38.3 Å². The number of nitrogens with one attached hydrogen (secondary N) is 1. The number of benzene rings is 1. The largest absolute Gasteiger partial charge is 0.411 e. The van der Waals surface area contributed by atoms with Gasteiger partial charge in [0, 0.05) is 0 Å². The maximum absolute atomic E-state index is 13.1. The van der Waals surface area contributed by atoms with Gasteiger partial charge in [0.05, 0.1) is 18.7 Å². The zero-order chi connectivity index (χ0) is 13.6. The summed E-state index contributed by atoms with van der Waals surface area (Å²) in [6, 6.07) is 5.50. The number of amides is 1. The molecule has 0 aliphatic rings. The van der Waals surface area contributed by atoms with E-state index < -0.39 is 24.5 Å². The summed E-state index contributed by atoms with van der Waals surface area (Å²) in [7, 11) is 0. The predicted octanol–water partition coefficient (Wildman–Crippen LogP) is 2.73. The molecular weight excluding hydrogens is 254 g/mol. The number of anilines is 1. The van der Waals surface area contributed by atoms with Crippen LogP contribution >= 0.6 is 0 Å². The molecule has 0 aromatic heterocycles. The van der Waals surface area contributed by atoms with E-state index in [9.17, 15) is 22.4 Å². The Morgan fingerprint density at radius 3 is 2.56 bits per heavy atom. The van der Waals surface area contributed by atoms with Crippen molar-refractivity contribution in [3.8, 4) is 0 Å². The molecule has 0 unspecified atom stereocenters. The van der Waals surface area contributed by atoms with E-state index in [2.05, 4.69) is 10.1 Å². The highest BCUT2D eigenvalue weighted by atomic mass is 19.4. The lowest BCUT2D eigenvalue weighted by molar-refractivity contribution is -0.174. The summed E-state index contributed by atoms with van der Waals surface area (Å²) in [4.78, 5) is 11.3. The molecule has 0 spiro atoms. The van der Waals surface area contributed by atoms with Crippen LogP contribution < -0.4 is 5.32 Å². The van der Waals surface area contributed by atoms with Gasteiger partial charge in [0.15, 0.2) is 0 Å². The summed E-state index contributed by atoms with van der Waals surface area (Å²) in [5, 5.41) is 2.23. The van der Waals surface area contributed by atoms with Crippen molar-refractivity contribution in [2.24, 2.45) is 0 Å². The highest BCUT2D eigenvalue weighted by Gasteiger charge is 2.27. The highest BCUT2D eigenvalue weighted by Crippen LogP contribution is 2.15. The van der Waals surface area contributed by atoms with Crippen molar-refractivity contribution in [1.29, 1.82) is 0 Å². The summed E-state index contributed by atoms with van der Waals surface area (Å²) in [6.07, 6.45) is -4.69. The van der Waals surface area contributed by atoms with Gasteiger partial charge in [0.1, 0.15) is 12.4 Å². The van der Waals surface area contributed by atoms with Crippen LogP contribution in [0.1, 0.15) is 6.42 Å². The van der Waals surface area contributed by atoms with Gasteiger partial charge in [-0.15, -0.1) is 0 Å². The fourth-order valence-corrected chi connectivity index (χ4v) is 1.13. The summed E-state index contributed by atoms with van der Waals surface area (Å²) in [6.45, 7) is -1.78.